The minimum Gasteiger partial charge on any atom is -0.330 e. The Morgan fingerprint density at radius 3 is 2.67 bits per heavy atom. The molecule has 0 aromatic heterocycles. The van der Waals surface area contributed by atoms with E-state index in [9.17, 15) is 0 Å². The fraction of sp³-hybridized carbons (Fsp3) is 0.538. The van der Waals surface area contributed by atoms with Gasteiger partial charge in [0.1, 0.15) is 0 Å². The molecule has 0 saturated carbocycles. The molecule has 1 aromatic rings. The summed E-state index contributed by atoms with van der Waals surface area (Å²) in [6.07, 6.45) is 2.27. The van der Waals surface area contributed by atoms with Gasteiger partial charge in [-0.1, -0.05) is 31.5 Å². The van der Waals surface area contributed by atoms with E-state index in [1.165, 1.54) is 11.1 Å². The topological polar surface area (TPSA) is 26.0 Å². The van der Waals surface area contributed by atoms with E-state index >= 15 is 0 Å². The van der Waals surface area contributed by atoms with Crippen molar-refractivity contribution < 1.29 is 0 Å². The van der Waals surface area contributed by atoms with Gasteiger partial charge >= 0.3 is 0 Å². The summed E-state index contributed by atoms with van der Waals surface area (Å²) in [5.41, 5.74) is 8.91. The summed E-state index contributed by atoms with van der Waals surface area (Å²) in [6.45, 7) is 5.26. The zero-order valence-corrected chi connectivity index (χ0v) is 10.1. The maximum atomic E-state index is 5.99. The molecule has 0 amide bonds. The van der Waals surface area contributed by atoms with Crippen LogP contribution in [0.3, 0.4) is 0 Å². The number of nitrogens with two attached hydrogens (primary N) is 1. The van der Waals surface area contributed by atoms with Crippen LogP contribution in [0.2, 0.25) is 5.02 Å². The predicted octanol–water partition coefficient (Wildman–Crippen LogP) is 3.04. The highest BCUT2D eigenvalue weighted by atomic mass is 35.5. The molecule has 0 bridgehead atoms. The number of hydrogen-bond donors (Lipinski definition) is 1. The zero-order chi connectivity index (χ0) is 11.1. The molecular formula is C13H18ClN. The quantitative estimate of drug-likeness (QED) is 0.820. The highest BCUT2D eigenvalue weighted by Crippen LogP contribution is 2.38. The molecule has 0 fully saturated rings. The first-order valence-corrected chi connectivity index (χ1v) is 5.88. The normalized spacial score (nSPS) is 20.4. The van der Waals surface area contributed by atoms with Crippen molar-refractivity contribution in [2.45, 2.75) is 26.7 Å². The lowest BCUT2D eigenvalue weighted by molar-refractivity contribution is 0.231. The summed E-state index contributed by atoms with van der Waals surface area (Å²) < 4.78 is 0. The lowest BCUT2D eigenvalue weighted by Gasteiger charge is -2.29. The molecule has 0 spiro atoms. The highest BCUT2D eigenvalue weighted by Gasteiger charge is 2.33. The van der Waals surface area contributed by atoms with E-state index in [1.807, 2.05) is 6.07 Å². The van der Waals surface area contributed by atoms with E-state index in [-0.39, 0.29) is 5.41 Å². The van der Waals surface area contributed by atoms with Crippen molar-refractivity contribution in [2.24, 2.45) is 17.1 Å². The molecule has 0 radical (unpaired) electrons. The maximum absolute atomic E-state index is 5.99. The lowest BCUT2D eigenvalue weighted by atomic mass is 9.77. The van der Waals surface area contributed by atoms with Crippen molar-refractivity contribution in [1.82, 2.24) is 0 Å². The predicted molar refractivity (Wildman–Crippen MR) is 65.2 cm³/mol. The van der Waals surface area contributed by atoms with Gasteiger partial charge in [0, 0.05) is 5.02 Å². The molecule has 1 atom stereocenters. The van der Waals surface area contributed by atoms with Crippen LogP contribution in [-0.2, 0) is 12.8 Å². The monoisotopic (exact) mass is 223 g/mol. The number of benzene rings is 1. The summed E-state index contributed by atoms with van der Waals surface area (Å²) in [4.78, 5) is 0. The van der Waals surface area contributed by atoms with Gasteiger partial charge in [0.25, 0.3) is 0 Å². The second kappa shape index (κ2) is 3.80. The van der Waals surface area contributed by atoms with Gasteiger partial charge in [-0.05, 0) is 54.0 Å². The second-order valence-electron chi connectivity index (χ2n) is 5.21. The molecule has 2 heteroatoms. The molecule has 0 saturated heterocycles. The standard InChI is InChI=1S/C13H18ClN/c1-13(2,8-15)11-5-9-3-4-12(14)7-10(9)6-11/h3-4,7,11H,5-6,8,15H2,1-2H3. The van der Waals surface area contributed by atoms with E-state index in [1.54, 1.807) is 0 Å². The molecular weight excluding hydrogens is 206 g/mol. The Morgan fingerprint density at radius 1 is 1.33 bits per heavy atom. The first-order valence-electron chi connectivity index (χ1n) is 5.50. The Balaban J connectivity index is 2.22. The van der Waals surface area contributed by atoms with Gasteiger partial charge in [0.05, 0.1) is 0 Å². The summed E-state index contributed by atoms with van der Waals surface area (Å²) >= 11 is 5.99. The number of rotatable bonds is 2. The third-order valence-corrected chi connectivity index (χ3v) is 3.97. The van der Waals surface area contributed by atoms with Crippen molar-refractivity contribution in [2.75, 3.05) is 6.54 Å². The van der Waals surface area contributed by atoms with Crippen LogP contribution in [0.1, 0.15) is 25.0 Å². The Bertz CT molecular complexity index is 371. The molecule has 1 nitrogen and oxygen atoms in total. The molecule has 82 valence electrons. The Labute approximate surface area is 96.6 Å². The van der Waals surface area contributed by atoms with E-state index in [2.05, 4.69) is 26.0 Å². The zero-order valence-electron chi connectivity index (χ0n) is 9.39. The number of halogens is 1. The molecule has 1 aliphatic rings. The fourth-order valence-electron chi connectivity index (χ4n) is 2.31. The van der Waals surface area contributed by atoms with Gasteiger partial charge in [-0.15, -0.1) is 0 Å². The van der Waals surface area contributed by atoms with Crippen molar-refractivity contribution in [3.05, 3.63) is 34.3 Å². The minimum absolute atomic E-state index is 0.228. The number of hydrogen-bond acceptors (Lipinski definition) is 1. The van der Waals surface area contributed by atoms with Gasteiger partial charge < -0.3 is 5.73 Å². The van der Waals surface area contributed by atoms with Crippen LogP contribution in [0, 0.1) is 11.3 Å². The average Bonchev–Trinajstić information content (AvgIpc) is 2.61. The Morgan fingerprint density at radius 2 is 2.00 bits per heavy atom. The first-order chi connectivity index (χ1) is 7.03. The van der Waals surface area contributed by atoms with Crippen LogP contribution < -0.4 is 5.73 Å². The van der Waals surface area contributed by atoms with Crippen molar-refractivity contribution in [3.8, 4) is 0 Å². The highest BCUT2D eigenvalue weighted by molar-refractivity contribution is 6.30. The summed E-state index contributed by atoms with van der Waals surface area (Å²) in [5.74, 6) is 0.663. The summed E-state index contributed by atoms with van der Waals surface area (Å²) in [5, 5.41) is 0.847. The van der Waals surface area contributed by atoms with Gasteiger partial charge in [-0.25, -0.2) is 0 Å². The Hall–Kier alpha value is -0.530. The maximum Gasteiger partial charge on any atom is 0.0408 e. The van der Waals surface area contributed by atoms with Gasteiger partial charge in [0.2, 0.25) is 0 Å². The van der Waals surface area contributed by atoms with Crippen LogP contribution >= 0.6 is 11.6 Å². The third kappa shape index (κ3) is 2.04. The lowest BCUT2D eigenvalue weighted by Crippen LogP contribution is -2.32. The SMILES string of the molecule is CC(C)(CN)C1Cc2ccc(Cl)cc2C1. The van der Waals surface area contributed by atoms with Crippen molar-refractivity contribution >= 4 is 11.6 Å². The molecule has 1 aromatic carbocycles. The first kappa shape index (κ1) is 11.0. The van der Waals surface area contributed by atoms with Crippen LogP contribution in [-0.4, -0.2) is 6.54 Å². The van der Waals surface area contributed by atoms with Gasteiger partial charge in [0.15, 0.2) is 0 Å². The van der Waals surface area contributed by atoms with Crippen molar-refractivity contribution in [1.29, 1.82) is 0 Å². The average molecular weight is 224 g/mol. The van der Waals surface area contributed by atoms with Gasteiger partial charge in [-0.2, -0.15) is 0 Å². The number of fused-ring (bicyclic) bond motifs is 1. The minimum atomic E-state index is 0.228. The van der Waals surface area contributed by atoms with Crippen molar-refractivity contribution in [3.63, 3.8) is 0 Å². The molecule has 15 heavy (non-hydrogen) atoms. The van der Waals surface area contributed by atoms with E-state index in [0.29, 0.717) is 5.92 Å². The molecule has 2 N–H and O–H groups in total. The van der Waals surface area contributed by atoms with E-state index < -0.39 is 0 Å². The van der Waals surface area contributed by atoms with Crippen LogP contribution in [0.4, 0.5) is 0 Å². The molecule has 0 heterocycles. The molecule has 1 unspecified atom stereocenters. The molecule has 1 aliphatic carbocycles. The largest absolute Gasteiger partial charge is 0.330 e. The molecule has 2 rings (SSSR count). The van der Waals surface area contributed by atoms with E-state index in [4.69, 9.17) is 17.3 Å². The van der Waals surface area contributed by atoms with E-state index in [0.717, 1.165) is 24.4 Å². The van der Waals surface area contributed by atoms with Crippen LogP contribution in [0.25, 0.3) is 0 Å². The fourth-order valence-corrected chi connectivity index (χ4v) is 2.50. The van der Waals surface area contributed by atoms with Crippen LogP contribution in [0.5, 0.6) is 0 Å². The second-order valence-corrected chi connectivity index (χ2v) is 5.65. The summed E-state index contributed by atoms with van der Waals surface area (Å²) in [7, 11) is 0. The summed E-state index contributed by atoms with van der Waals surface area (Å²) in [6, 6.07) is 6.24. The third-order valence-electron chi connectivity index (χ3n) is 3.73. The van der Waals surface area contributed by atoms with Gasteiger partial charge in [-0.3, -0.25) is 0 Å². The Kier molecular flexibility index (Phi) is 2.78. The molecule has 0 aliphatic heterocycles. The smallest absolute Gasteiger partial charge is 0.0408 e. The van der Waals surface area contributed by atoms with Crippen LogP contribution in [0.15, 0.2) is 18.2 Å².